The van der Waals surface area contributed by atoms with Crippen LogP contribution in [0, 0.1) is 0 Å². The molecule has 0 aliphatic carbocycles. The second kappa shape index (κ2) is 7.47. The molecule has 3 amide bonds. The van der Waals surface area contributed by atoms with Crippen molar-refractivity contribution in [1.29, 1.82) is 0 Å². The fourth-order valence-electron chi connectivity index (χ4n) is 1.84. The number of hydrogen-bond donors (Lipinski definition) is 1. The zero-order chi connectivity index (χ0) is 16.1. The summed E-state index contributed by atoms with van der Waals surface area (Å²) < 4.78 is 0. The first kappa shape index (κ1) is 16.6. The number of carbonyl (C=O) groups is 3. The van der Waals surface area contributed by atoms with Gasteiger partial charge < -0.3 is 5.32 Å². The van der Waals surface area contributed by atoms with E-state index in [0.717, 1.165) is 22.2 Å². The number of carbonyl (C=O) groups excluding carboxylic acids is 3. The van der Waals surface area contributed by atoms with Crippen molar-refractivity contribution in [3.8, 4) is 0 Å². The van der Waals surface area contributed by atoms with Crippen molar-refractivity contribution in [3.05, 3.63) is 39.8 Å². The third-order valence-corrected chi connectivity index (χ3v) is 4.18. The SMILES string of the molecule is CCC(=O)NCCN1C(=O)S/C(=C/c2ccc(Cl)cc2)C1=O. The summed E-state index contributed by atoms with van der Waals surface area (Å²) in [7, 11) is 0. The minimum Gasteiger partial charge on any atom is -0.354 e. The number of imide groups is 1. The molecule has 1 saturated heterocycles. The summed E-state index contributed by atoms with van der Waals surface area (Å²) in [6, 6.07) is 6.99. The normalized spacial score (nSPS) is 16.5. The highest BCUT2D eigenvalue weighted by atomic mass is 35.5. The fourth-order valence-corrected chi connectivity index (χ4v) is 2.83. The van der Waals surface area contributed by atoms with Gasteiger partial charge in [0.15, 0.2) is 0 Å². The van der Waals surface area contributed by atoms with E-state index in [1.807, 2.05) is 0 Å². The molecule has 0 aromatic heterocycles. The lowest BCUT2D eigenvalue weighted by molar-refractivity contribution is -0.124. The molecule has 0 unspecified atom stereocenters. The lowest BCUT2D eigenvalue weighted by Gasteiger charge is -2.12. The minimum absolute atomic E-state index is 0.108. The van der Waals surface area contributed by atoms with Gasteiger partial charge in [0.25, 0.3) is 11.1 Å². The first-order valence-electron chi connectivity index (χ1n) is 6.79. The van der Waals surface area contributed by atoms with Crippen molar-refractivity contribution in [2.45, 2.75) is 13.3 Å². The molecular weight excluding hydrogens is 324 g/mol. The molecule has 1 aromatic rings. The van der Waals surface area contributed by atoms with E-state index in [4.69, 9.17) is 11.6 Å². The highest BCUT2D eigenvalue weighted by molar-refractivity contribution is 8.18. The van der Waals surface area contributed by atoms with E-state index in [9.17, 15) is 14.4 Å². The highest BCUT2D eigenvalue weighted by Gasteiger charge is 2.34. The monoisotopic (exact) mass is 338 g/mol. The van der Waals surface area contributed by atoms with Gasteiger partial charge in [-0.05, 0) is 35.5 Å². The molecule has 1 fully saturated rings. The van der Waals surface area contributed by atoms with Gasteiger partial charge in [-0.3, -0.25) is 19.3 Å². The number of halogens is 1. The Hall–Kier alpha value is -1.79. The van der Waals surface area contributed by atoms with Crippen molar-refractivity contribution in [1.82, 2.24) is 10.2 Å². The van der Waals surface area contributed by atoms with Gasteiger partial charge in [0.1, 0.15) is 0 Å². The zero-order valence-electron chi connectivity index (χ0n) is 12.0. The number of nitrogens with one attached hydrogen (secondary N) is 1. The van der Waals surface area contributed by atoms with Crippen molar-refractivity contribution >= 4 is 46.5 Å². The van der Waals surface area contributed by atoms with Gasteiger partial charge in [0.2, 0.25) is 5.91 Å². The van der Waals surface area contributed by atoms with Gasteiger partial charge in [0, 0.05) is 24.5 Å². The van der Waals surface area contributed by atoms with Crippen LogP contribution in [0.25, 0.3) is 6.08 Å². The molecule has 1 N–H and O–H groups in total. The first-order valence-corrected chi connectivity index (χ1v) is 7.98. The average molecular weight is 339 g/mol. The summed E-state index contributed by atoms with van der Waals surface area (Å²) in [5.41, 5.74) is 0.800. The van der Waals surface area contributed by atoms with E-state index >= 15 is 0 Å². The molecule has 2 rings (SSSR count). The molecule has 22 heavy (non-hydrogen) atoms. The number of benzene rings is 1. The Morgan fingerprint density at radius 3 is 2.64 bits per heavy atom. The summed E-state index contributed by atoms with van der Waals surface area (Å²) in [5, 5.41) is 2.93. The van der Waals surface area contributed by atoms with Gasteiger partial charge in [-0.1, -0.05) is 30.7 Å². The summed E-state index contributed by atoms with van der Waals surface area (Å²) in [4.78, 5) is 36.8. The number of rotatable bonds is 5. The summed E-state index contributed by atoms with van der Waals surface area (Å²) >= 11 is 6.71. The molecular formula is C15H15ClN2O3S. The predicted octanol–water partition coefficient (Wildman–Crippen LogP) is 2.90. The smallest absolute Gasteiger partial charge is 0.293 e. The lowest BCUT2D eigenvalue weighted by Crippen LogP contribution is -2.37. The number of thioether (sulfide) groups is 1. The molecule has 0 atom stereocenters. The van der Waals surface area contributed by atoms with Crippen LogP contribution < -0.4 is 5.32 Å². The van der Waals surface area contributed by atoms with E-state index in [2.05, 4.69) is 5.32 Å². The van der Waals surface area contributed by atoms with Gasteiger partial charge in [-0.2, -0.15) is 0 Å². The Morgan fingerprint density at radius 2 is 2.00 bits per heavy atom. The van der Waals surface area contributed by atoms with Crippen LogP contribution in [0.5, 0.6) is 0 Å². The maximum atomic E-state index is 12.2. The predicted molar refractivity (Wildman–Crippen MR) is 87.4 cm³/mol. The number of amides is 3. The maximum absolute atomic E-state index is 12.2. The zero-order valence-corrected chi connectivity index (χ0v) is 13.5. The van der Waals surface area contributed by atoms with Crippen LogP contribution in [0.15, 0.2) is 29.2 Å². The molecule has 116 valence electrons. The first-order chi connectivity index (χ1) is 10.5. The van der Waals surface area contributed by atoms with Crippen molar-refractivity contribution in [2.75, 3.05) is 13.1 Å². The molecule has 1 heterocycles. The molecule has 1 aliphatic heterocycles. The van der Waals surface area contributed by atoms with Gasteiger partial charge in [-0.15, -0.1) is 0 Å². The van der Waals surface area contributed by atoms with Gasteiger partial charge >= 0.3 is 0 Å². The summed E-state index contributed by atoms with van der Waals surface area (Å²) in [6.45, 7) is 2.18. The number of nitrogens with zero attached hydrogens (tertiary/aromatic N) is 1. The van der Waals surface area contributed by atoms with E-state index in [-0.39, 0.29) is 30.1 Å². The second-order valence-corrected chi connectivity index (χ2v) is 6.02. The Kier molecular flexibility index (Phi) is 5.63. The molecule has 0 spiro atoms. The van der Waals surface area contributed by atoms with Crippen molar-refractivity contribution < 1.29 is 14.4 Å². The van der Waals surface area contributed by atoms with Crippen LogP contribution in [0.3, 0.4) is 0 Å². The fraction of sp³-hybridized carbons (Fsp3) is 0.267. The van der Waals surface area contributed by atoms with Crippen LogP contribution in [0.1, 0.15) is 18.9 Å². The van der Waals surface area contributed by atoms with Crippen molar-refractivity contribution in [2.24, 2.45) is 0 Å². The third-order valence-electron chi connectivity index (χ3n) is 3.02. The van der Waals surface area contributed by atoms with E-state index in [0.29, 0.717) is 16.3 Å². The quantitative estimate of drug-likeness (QED) is 0.838. The van der Waals surface area contributed by atoms with E-state index in [1.54, 1.807) is 37.3 Å². The standard InChI is InChI=1S/C15H15ClN2O3S/c1-2-13(19)17-7-8-18-14(20)12(22-15(18)21)9-10-3-5-11(16)6-4-10/h3-6,9H,2,7-8H2,1H3,(H,17,19)/b12-9+. The molecule has 5 nitrogen and oxygen atoms in total. The Bertz CT molecular complexity index is 628. The van der Waals surface area contributed by atoms with E-state index in [1.165, 1.54) is 0 Å². The Balaban J connectivity index is 2.02. The van der Waals surface area contributed by atoms with Crippen molar-refractivity contribution in [3.63, 3.8) is 0 Å². The maximum Gasteiger partial charge on any atom is 0.293 e. The van der Waals surface area contributed by atoms with E-state index < -0.39 is 0 Å². The average Bonchev–Trinajstić information content (AvgIpc) is 2.76. The second-order valence-electron chi connectivity index (χ2n) is 4.59. The third kappa shape index (κ3) is 4.11. The minimum atomic E-state index is -0.337. The molecule has 0 bridgehead atoms. The Morgan fingerprint density at radius 1 is 1.32 bits per heavy atom. The molecule has 1 aromatic carbocycles. The molecule has 0 radical (unpaired) electrons. The molecule has 1 aliphatic rings. The largest absolute Gasteiger partial charge is 0.354 e. The summed E-state index contributed by atoms with van der Waals surface area (Å²) in [5.74, 6) is -0.445. The van der Waals surface area contributed by atoms with Gasteiger partial charge in [0.05, 0.1) is 4.91 Å². The van der Waals surface area contributed by atoms with Gasteiger partial charge in [-0.25, -0.2) is 0 Å². The number of hydrogen-bond acceptors (Lipinski definition) is 4. The molecule has 7 heteroatoms. The van der Waals surface area contributed by atoms with Crippen LogP contribution in [0.4, 0.5) is 4.79 Å². The topological polar surface area (TPSA) is 66.5 Å². The van der Waals surface area contributed by atoms with Crippen LogP contribution in [-0.4, -0.2) is 35.0 Å². The summed E-state index contributed by atoms with van der Waals surface area (Å²) in [6.07, 6.45) is 2.03. The van der Waals surface area contributed by atoms with Crippen LogP contribution in [-0.2, 0) is 9.59 Å². The highest BCUT2D eigenvalue weighted by Crippen LogP contribution is 2.31. The Labute approximate surface area is 137 Å². The van der Waals surface area contributed by atoms with Crippen LogP contribution >= 0.6 is 23.4 Å². The molecule has 0 saturated carbocycles. The lowest BCUT2D eigenvalue weighted by atomic mass is 10.2. The van der Waals surface area contributed by atoms with Crippen LogP contribution in [0.2, 0.25) is 5.02 Å².